The first kappa shape index (κ1) is 14.9. The van der Waals surface area contributed by atoms with Crippen LogP contribution in [0.5, 0.6) is 0 Å². The van der Waals surface area contributed by atoms with Crippen molar-refractivity contribution in [2.45, 2.75) is 52.9 Å². The normalized spacial score (nSPS) is 12.1. The summed E-state index contributed by atoms with van der Waals surface area (Å²) >= 11 is 0. The van der Waals surface area contributed by atoms with Crippen molar-refractivity contribution in [3.63, 3.8) is 0 Å². The van der Waals surface area contributed by atoms with Gasteiger partial charge in [-0.2, -0.15) is 0 Å². The fraction of sp³-hybridized carbons (Fsp3) is 0.643. The minimum Gasteiger partial charge on any atom is -0.462 e. The van der Waals surface area contributed by atoms with Gasteiger partial charge in [0.25, 0.3) is 0 Å². The second kappa shape index (κ2) is 10.5. The zero-order valence-electron chi connectivity index (χ0n) is 10.8. The smallest absolute Gasteiger partial charge is 0.333 e. The third-order valence-electron chi connectivity index (χ3n) is 2.38. The van der Waals surface area contributed by atoms with Crippen LogP contribution in [0.25, 0.3) is 0 Å². The van der Waals surface area contributed by atoms with Crippen molar-refractivity contribution in [2.24, 2.45) is 0 Å². The maximum Gasteiger partial charge on any atom is 0.333 e. The van der Waals surface area contributed by atoms with E-state index in [1.54, 1.807) is 13.0 Å². The molecule has 2 heteroatoms. The van der Waals surface area contributed by atoms with E-state index >= 15 is 0 Å². The Hall–Kier alpha value is -1.05. The molecule has 0 saturated carbocycles. The third-order valence-corrected chi connectivity index (χ3v) is 2.38. The third kappa shape index (κ3) is 8.27. The Morgan fingerprint density at radius 3 is 2.50 bits per heavy atom. The first-order chi connectivity index (χ1) is 7.72. The van der Waals surface area contributed by atoms with Crippen LogP contribution in [0.15, 0.2) is 23.8 Å². The predicted octanol–water partition coefficient (Wildman–Crippen LogP) is 4.02. The summed E-state index contributed by atoms with van der Waals surface area (Å²) in [7, 11) is 0. The van der Waals surface area contributed by atoms with Gasteiger partial charge in [0.2, 0.25) is 0 Å². The molecule has 0 aromatic rings. The van der Waals surface area contributed by atoms with E-state index in [1.807, 2.05) is 6.92 Å². The molecule has 0 aromatic heterocycles. The number of hydrogen-bond donors (Lipinski definition) is 0. The van der Waals surface area contributed by atoms with Crippen LogP contribution in [0.3, 0.4) is 0 Å². The zero-order chi connectivity index (χ0) is 12.2. The second-order valence-corrected chi connectivity index (χ2v) is 3.86. The van der Waals surface area contributed by atoms with E-state index in [1.165, 1.54) is 6.42 Å². The molecule has 0 spiro atoms. The lowest BCUT2D eigenvalue weighted by Crippen LogP contribution is -2.06. The maximum absolute atomic E-state index is 11.2. The van der Waals surface area contributed by atoms with Gasteiger partial charge in [-0.25, -0.2) is 4.79 Å². The van der Waals surface area contributed by atoms with E-state index in [9.17, 15) is 4.79 Å². The van der Waals surface area contributed by atoms with Crippen molar-refractivity contribution < 1.29 is 9.53 Å². The molecule has 0 aliphatic rings. The molecule has 0 amide bonds. The molecule has 0 aliphatic heterocycles. The minimum absolute atomic E-state index is 0.191. The molecule has 0 heterocycles. The minimum atomic E-state index is -0.191. The Morgan fingerprint density at radius 2 is 1.88 bits per heavy atom. The fourth-order valence-corrected chi connectivity index (χ4v) is 1.16. The number of ether oxygens (including phenoxy) is 1. The predicted molar refractivity (Wildman–Crippen MR) is 68.3 cm³/mol. The van der Waals surface area contributed by atoms with E-state index in [0.717, 1.165) is 25.7 Å². The molecule has 0 unspecified atom stereocenters. The van der Waals surface area contributed by atoms with Crippen LogP contribution in [-0.2, 0) is 9.53 Å². The van der Waals surface area contributed by atoms with Gasteiger partial charge in [-0.15, -0.1) is 0 Å². The van der Waals surface area contributed by atoms with Crippen LogP contribution in [0.1, 0.15) is 52.9 Å². The van der Waals surface area contributed by atoms with Gasteiger partial charge in [0.15, 0.2) is 0 Å². The Labute approximate surface area is 99.4 Å². The zero-order valence-corrected chi connectivity index (χ0v) is 10.8. The average Bonchev–Trinajstić information content (AvgIpc) is 2.31. The molecule has 2 nitrogen and oxygen atoms in total. The highest BCUT2D eigenvalue weighted by Crippen LogP contribution is 2.01. The lowest BCUT2D eigenvalue weighted by atomic mass is 10.2. The summed E-state index contributed by atoms with van der Waals surface area (Å²) in [5.74, 6) is -0.191. The van der Waals surface area contributed by atoms with Gasteiger partial charge in [-0.1, -0.05) is 31.6 Å². The molecule has 0 radical (unpaired) electrons. The van der Waals surface area contributed by atoms with Crippen molar-refractivity contribution in [1.82, 2.24) is 0 Å². The number of hydrogen-bond acceptors (Lipinski definition) is 2. The number of allylic oxidation sites excluding steroid dienone is 3. The fourth-order valence-electron chi connectivity index (χ4n) is 1.16. The van der Waals surface area contributed by atoms with Gasteiger partial charge in [0, 0.05) is 5.57 Å². The van der Waals surface area contributed by atoms with Gasteiger partial charge >= 0.3 is 5.97 Å². The largest absolute Gasteiger partial charge is 0.462 e. The second-order valence-electron chi connectivity index (χ2n) is 3.86. The highest BCUT2D eigenvalue weighted by Gasteiger charge is 2.02. The van der Waals surface area contributed by atoms with E-state index in [0.29, 0.717) is 12.2 Å². The highest BCUT2D eigenvalue weighted by molar-refractivity contribution is 5.87. The van der Waals surface area contributed by atoms with Crippen molar-refractivity contribution >= 4 is 5.97 Å². The topological polar surface area (TPSA) is 26.3 Å². The first-order valence-electron chi connectivity index (χ1n) is 6.17. The number of carbonyl (C=O) groups is 1. The molecule has 0 bridgehead atoms. The number of unbranched alkanes of at least 4 members (excludes halogenated alkanes) is 3. The Kier molecular flexibility index (Phi) is 9.78. The van der Waals surface area contributed by atoms with Crippen LogP contribution >= 0.6 is 0 Å². The van der Waals surface area contributed by atoms with Gasteiger partial charge in [0.05, 0.1) is 6.61 Å². The van der Waals surface area contributed by atoms with Crippen molar-refractivity contribution in [3.05, 3.63) is 23.8 Å². The number of rotatable bonds is 8. The average molecular weight is 224 g/mol. The van der Waals surface area contributed by atoms with Gasteiger partial charge in [0.1, 0.15) is 0 Å². The molecule has 0 aromatic carbocycles. The Morgan fingerprint density at radius 1 is 1.19 bits per heavy atom. The molecule has 0 saturated heterocycles. The van der Waals surface area contributed by atoms with Crippen molar-refractivity contribution in [3.8, 4) is 0 Å². The molecular weight excluding hydrogens is 200 g/mol. The number of carbonyl (C=O) groups excluding carboxylic acids is 1. The monoisotopic (exact) mass is 224 g/mol. The Balaban J connectivity index is 3.37. The van der Waals surface area contributed by atoms with Crippen LogP contribution in [0.2, 0.25) is 0 Å². The molecule has 16 heavy (non-hydrogen) atoms. The van der Waals surface area contributed by atoms with Crippen LogP contribution in [0, 0.1) is 0 Å². The lowest BCUT2D eigenvalue weighted by molar-refractivity contribution is -0.139. The van der Waals surface area contributed by atoms with Crippen molar-refractivity contribution in [1.29, 1.82) is 0 Å². The van der Waals surface area contributed by atoms with Gasteiger partial charge in [-0.3, -0.25) is 0 Å². The lowest BCUT2D eigenvalue weighted by Gasteiger charge is -2.03. The van der Waals surface area contributed by atoms with Crippen LogP contribution in [-0.4, -0.2) is 12.6 Å². The van der Waals surface area contributed by atoms with E-state index in [-0.39, 0.29) is 5.97 Å². The molecule has 0 aliphatic carbocycles. The van der Waals surface area contributed by atoms with Gasteiger partial charge in [-0.05, 0) is 39.5 Å². The SMILES string of the molecule is C/C=C(\C)C(=O)OCCCC/C=C/CCC. The summed E-state index contributed by atoms with van der Waals surface area (Å²) in [5.41, 5.74) is 0.683. The van der Waals surface area contributed by atoms with Crippen molar-refractivity contribution in [2.75, 3.05) is 6.61 Å². The summed E-state index contributed by atoms with van der Waals surface area (Å²) in [5, 5.41) is 0. The van der Waals surface area contributed by atoms with Gasteiger partial charge < -0.3 is 4.74 Å². The van der Waals surface area contributed by atoms with E-state index in [2.05, 4.69) is 19.1 Å². The molecule has 0 atom stereocenters. The van der Waals surface area contributed by atoms with E-state index < -0.39 is 0 Å². The summed E-state index contributed by atoms with van der Waals surface area (Å²) in [4.78, 5) is 11.2. The summed E-state index contributed by atoms with van der Waals surface area (Å²) in [6, 6.07) is 0. The molecule has 0 rings (SSSR count). The summed E-state index contributed by atoms with van der Waals surface area (Å²) < 4.78 is 5.09. The molecule has 0 fully saturated rings. The molecule has 92 valence electrons. The molecular formula is C14H24O2. The standard InChI is InChI=1S/C14H24O2/c1-4-6-7-8-9-10-11-12-16-14(15)13(3)5-2/h5,7-8H,4,6,9-12H2,1-3H3/b8-7+,13-5+. The first-order valence-corrected chi connectivity index (χ1v) is 6.17. The summed E-state index contributed by atoms with van der Waals surface area (Å²) in [6.45, 7) is 6.32. The molecule has 0 N–H and O–H groups in total. The maximum atomic E-state index is 11.2. The Bertz CT molecular complexity index is 239. The highest BCUT2D eigenvalue weighted by atomic mass is 16.5. The van der Waals surface area contributed by atoms with E-state index in [4.69, 9.17) is 4.74 Å². The van der Waals surface area contributed by atoms with Crippen LogP contribution < -0.4 is 0 Å². The quantitative estimate of drug-likeness (QED) is 0.269. The van der Waals surface area contributed by atoms with Crippen LogP contribution in [0.4, 0.5) is 0 Å². The number of esters is 1. The summed E-state index contributed by atoms with van der Waals surface area (Å²) in [6.07, 6.45) is 11.7.